The van der Waals surface area contributed by atoms with E-state index in [1.165, 1.54) is 12.8 Å². The van der Waals surface area contributed by atoms with E-state index in [0.29, 0.717) is 6.04 Å². The molecular formula is C10H13N4+. The van der Waals surface area contributed by atoms with Crippen molar-refractivity contribution >= 4 is 11.0 Å². The van der Waals surface area contributed by atoms with Crippen molar-refractivity contribution in [3.05, 3.63) is 24.3 Å². The Morgan fingerprint density at radius 2 is 2.50 bits per heavy atom. The van der Waals surface area contributed by atoms with Gasteiger partial charge in [0.1, 0.15) is 17.8 Å². The van der Waals surface area contributed by atoms with Crippen LogP contribution in [0.1, 0.15) is 24.7 Å². The van der Waals surface area contributed by atoms with Crippen molar-refractivity contribution in [2.45, 2.75) is 18.9 Å². The van der Waals surface area contributed by atoms with Gasteiger partial charge >= 0.3 is 5.82 Å². The second-order valence-corrected chi connectivity index (χ2v) is 3.71. The van der Waals surface area contributed by atoms with Gasteiger partial charge in [-0.15, -0.1) is 0 Å². The topological polar surface area (TPSA) is 54.9 Å². The van der Waals surface area contributed by atoms with Crippen LogP contribution >= 0.6 is 0 Å². The molecule has 4 heteroatoms. The van der Waals surface area contributed by atoms with Crippen LogP contribution in [0.25, 0.3) is 11.0 Å². The van der Waals surface area contributed by atoms with Crippen LogP contribution in [0.5, 0.6) is 0 Å². The predicted octanol–water partition coefficient (Wildman–Crippen LogP) is 0.801. The van der Waals surface area contributed by atoms with Gasteiger partial charge < -0.3 is 10.3 Å². The maximum atomic E-state index is 4.57. The summed E-state index contributed by atoms with van der Waals surface area (Å²) in [6, 6.07) is 2.41. The lowest BCUT2D eigenvalue weighted by Gasteiger charge is -2.00. The molecule has 0 saturated carbocycles. The van der Waals surface area contributed by atoms with Crippen LogP contribution in [0.2, 0.25) is 0 Å². The number of nitrogens with zero attached hydrogens (tertiary/aromatic N) is 1. The van der Waals surface area contributed by atoms with E-state index in [0.717, 1.165) is 23.4 Å². The van der Waals surface area contributed by atoms with Gasteiger partial charge in [-0.1, -0.05) is 0 Å². The first kappa shape index (κ1) is 7.94. The van der Waals surface area contributed by atoms with E-state index in [1.807, 2.05) is 18.5 Å². The molecular weight excluding hydrogens is 176 g/mol. The fourth-order valence-electron chi connectivity index (χ4n) is 1.99. The summed E-state index contributed by atoms with van der Waals surface area (Å²) in [4.78, 5) is 10.9. The minimum Gasteiger partial charge on any atom is -0.355 e. The second-order valence-electron chi connectivity index (χ2n) is 3.71. The van der Waals surface area contributed by atoms with E-state index in [1.54, 1.807) is 0 Å². The van der Waals surface area contributed by atoms with Crippen molar-refractivity contribution in [2.24, 2.45) is 0 Å². The van der Waals surface area contributed by atoms with E-state index in [9.17, 15) is 0 Å². The number of nitrogens with one attached hydrogen (secondary N) is 3. The molecule has 3 heterocycles. The van der Waals surface area contributed by atoms with Crippen molar-refractivity contribution in [1.82, 2.24) is 15.3 Å². The standard InChI is InChI=1S/C10H12N4/c1-2-8(11-4-1)10-13-6-9-7(14-10)3-5-12-9/h3,5-6,8,11-12H,1-2,4H2/p+1. The third-order valence-electron chi connectivity index (χ3n) is 2.75. The molecule has 1 aliphatic heterocycles. The van der Waals surface area contributed by atoms with E-state index in [-0.39, 0.29) is 0 Å². The first-order valence-corrected chi connectivity index (χ1v) is 5.02. The summed E-state index contributed by atoms with van der Waals surface area (Å²) in [6.07, 6.45) is 6.32. The van der Waals surface area contributed by atoms with E-state index < -0.39 is 0 Å². The Morgan fingerprint density at radius 1 is 1.50 bits per heavy atom. The zero-order chi connectivity index (χ0) is 9.38. The Morgan fingerprint density at radius 3 is 3.36 bits per heavy atom. The van der Waals surface area contributed by atoms with Gasteiger partial charge in [0, 0.05) is 12.3 Å². The number of H-pyrrole nitrogens is 2. The summed E-state index contributed by atoms with van der Waals surface area (Å²) in [6.45, 7) is 1.10. The SMILES string of the molecule is c1cc2nc(C3CCCN3)[nH+]cc2[nH]1. The molecule has 0 spiro atoms. The molecule has 0 aromatic carbocycles. The summed E-state index contributed by atoms with van der Waals surface area (Å²) < 4.78 is 0. The third-order valence-corrected chi connectivity index (χ3v) is 2.75. The van der Waals surface area contributed by atoms with Crippen LogP contribution in [0.15, 0.2) is 18.5 Å². The Hall–Kier alpha value is -1.42. The van der Waals surface area contributed by atoms with Gasteiger partial charge in [-0.3, -0.25) is 0 Å². The largest absolute Gasteiger partial charge is 0.355 e. The normalized spacial score (nSPS) is 21.9. The number of hydrogen-bond donors (Lipinski definition) is 2. The Bertz CT molecular complexity index is 442. The highest BCUT2D eigenvalue weighted by Gasteiger charge is 2.24. The van der Waals surface area contributed by atoms with Gasteiger partial charge in [-0.2, -0.15) is 0 Å². The highest BCUT2D eigenvalue weighted by molar-refractivity contribution is 5.72. The zero-order valence-electron chi connectivity index (χ0n) is 7.88. The highest BCUT2D eigenvalue weighted by atomic mass is 15.0. The maximum absolute atomic E-state index is 4.57. The van der Waals surface area contributed by atoms with Crippen molar-refractivity contribution in [3.8, 4) is 0 Å². The molecule has 2 aromatic rings. The van der Waals surface area contributed by atoms with Gasteiger partial charge in [-0.25, -0.2) is 4.98 Å². The molecule has 0 radical (unpaired) electrons. The van der Waals surface area contributed by atoms with Gasteiger partial charge in [0.25, 0.3) is 0 Å². The fraction of sp³-hybridized carbons (Fsp3) is 0.400. The number of aromatic nitrogens is 3. The van der Waals surface area contributed by atoms with Crippen LogP contribution in [-0.4, -0.2) is 16.5 Å². The fourth-order valence-corrected chi connectivity index (χ4v) is 1.99. The van der Waals surface area contributed by atoms with Crippen molar-refractivity contribution in [3.63, 3.8) is 0 Å². The van der Waals surface area contributed by atoms with Gasteiger partial charge in [-0.05, 0) is 24.4 Å². The smallest absolute Gasteiger partial charge is 0.314 e. The number of hydrogen-bond acceptors (Lipinski definition) is 2. The van der Waals surface area contributed by atoms with Crippen LogP contribution in [0, 0.1) is 0 Å². The molecule has 0 amide bonds. The third kappa shape index (κ3) is 1.19. The van der Waals surface area contributed by atoms with Crippen LogP contribution in [0.3, 0.4) is 0 Å². The van der Waals surface area contributed by atoms with Gasteiger partial charge in [0.05, 0.1) is 0 Å². The molecule has 1 atom stereocenters. The first-order valence-electron chi connectivity index (χ1n) is 5.02. The molecule has 1 aliphatic rings. The van der Waals surface area contributed by atoms with Crippen LogP contribution in [0.4, 0.5) is 0 Å². The average Bonchev–Trinajstić information content (AvgIpc) is 2.88. The molecule has 3 rings (SSSR count). The number of aromatic amines is 2. The van der Waals surface area contributed by atoms with Crippen LogP contribution in [-0.2, 0) is 0 Å². The lowest BCUT2D eigenvalue weighted by atomic mass is 10.2. The summed E-state index contributed by atoms with van der Waals surface area (Å²) in [5.41, 5.74) is 2.10. The minimum atomic E-state index is 0.411. The lowest BCUT2D eigenvalue weighted by Crippen LogP contribution is -2.23. The zero-order valence-corrected chi connectivity index (χ0v) is 7.88. The van der Waals surface area contributed by atoms with E-state index in [4.69, 9.17) is 0 Å². The second kappa shape index (κ2) is 3.06. The first-order chi connectivity index (χ1) is 6.93. The Kier molecular flexibility index (Phi) is 1.73. The van der Waals surface area contributed by atoms with Crippen molar-refractivity contribution < 1.29 is 4.98 Å². The molecule has 0 aliphatic carbocycles. The monoisotopic (exact) mass is 189 g/mol. The average molecular weight is 189 g/mol. The van der Waals surface area contributed by atoms with Crippen LogP contribution < -0.4 is 10.3 Å². The molecule has 3 N–H and O–H groups in total. The maximum Gasteiger partial charge on any atom is 0.314 e. The Balaban J connectivity index is 2.04. The Labute approximate surface area is 81.8 Å². The minimum absolute atomic E-state index is 0.411. The number of rotatable bonds is 1. The molecule has 14 heavy (non-hydrogen) atoms. The summed E-state index contributed by atoms with van der Waals surface area (Å²) in [5, 5.41) is 3.43. The highest BCUT2D eigenvalue weighted by Crippen LogP contribution is 2.18. The molecule has 2 aromatic heterocycles. The molecule has 1 saturated heterocycles. The summed E-state index contributed by atoms with van der Waals surface area (Å²) in [7, 11) is 0. The predicted molar refractivity (Wildman–Crippen MR) is 52.6 cm³/mol. The molecule has 72 valence electrons. The summed E-state index contributed by atoms with van der Waals surface area (Å²) in [5.74, 6) is 1.05. The lowest BCUT2D eigenvalue weighted by molar-refractivity contribution is -0.396. The van der Waals surface area contributed by atoms with Crippen molar-refractivity contribution in [2.75, 3.05) is 6.54 Å². The van der Waals surface area contributed by atoms with Crippen molar-refractivity contribution in [1.29, 1.82) is 0 Å². The van der Waals surface area contributed by atoms with Gasteiger partial charge in [0.15, 0.2) is 0 Å². The number of fused-ring (bicyclic) bond motifs is 1. The summed E-state index contributed by atoms with van der Waals surface area (Å²) >= 11 is 0. The molecule has 1 unspecified atom stereocenters. The molecule has 4 nitrogen and oxygen atoms in total. The molecule has 0 bridgehead atoms. The molecule has 1 fully saturated rings. The van der Waals surface area contributed by atoms with E-state index in [2.05, 4.69) is 20.3 Å². The quantitative estimate of drug-likeness (QED) is 0.697. The van der Waals surface area contributed by atoms with Gasteiger partial charge in [0.2, 0.25) is 5.52 Å². The van der Waals surface area contributed by atoms with E-state index >= 15 is 0 Å².